The molecule has 2 N–H and O–H groups in total. The van der Waals surface area contributed by atoms with Gasteiger partial charge in [0.05, 0.1) is 23.0 Å². The fraction of sp³-hybridized carbons (Fsp3) is 0. The third-order valence-corrected chi connectivity index (χ3v) is 4.63. The Hall–Kier alpha value is -2.68. The molecule has 3 rings (SSSR count). The summed E-state index contributed by atoms with van der Waals surface area (Å²) >= 11 is 0. The lowest BCUT2D eigenvalue weighted by Crippen LogP contribution is -2.29. The number of amides is 1. The number of hydrogen-bond donors (Lipinski definition) is 2. The van der Waals surface area contributed by atoms with E-state index in [1.165, 1.54) is 24.5 Å². The Morgan fingerprint density at radius 3 is 2.70 bits per heavy atom. The van der Waals surface area contributed by atoms with Gasteiger partial charge in [-0.25, -0.2) is 13.2 Å². The Kier molecular flexibility index (Phi) is 2.41. The maximum Gasteiger partial charge on any atom is 0.335 e. The van der Waals surface area contributed by atoms with Gasteiger partial charge in [0.1, 0.15) is 4.90 Å². The molecule has 102 valence electrons. The second-order valence-electron chi connectivity index (χ2n) is 4.05. The average molecular weight is 293 g/mol. The third kappa shape index (κ3) is 1.53. The van der Waals surface area contributed by atoms with E-state index < -0.39 is 21.9 Å². The summed E-state index contributed by atoms with van der Waals surface area (Å²) in [4.78, 5) is 22.7. The summed E-state index contributed by atoms with van der Waals surface area (Å²) in [7, 11) is -4.11. The molecule has 0 spiro atoms. The number of fused-ring (bicyclic) bond motifs is 1. The first-order valence-corrected chi connectivity index (χ1v) is 6.83. The van der Waals surface area contributed by atoms with Crippen molar-refractivity contribution in [1.29, 1.82) is 0 Å². The van der Waals surface area contributed by atoms with Crippen molar-refractivity contribution in [2.75, 3.05) is 4.31 Å². The number of benzene rings is 1. The van der Waals surface area contributed by atoms with Crippen LogP contribution in [0.1, 0.15) is 20.7 Å². The van der Waals surface area contributed by atoms with E-state index in [9.17, 15) is 18.0 Å². The Morgan fingerprint density at radius 1 is 1.35 bits per heavy atom. The van der Waals surface area contributed by atoms with Crippen LogP contribution in [0.15, 0.2) is 35.5 Å². The summed E-state index contributed by atoms with van der Waals surface area (Å²) < 4.78 is 25.3. The van der Waals surface area contributed by atoms with Crippen molar-refractivity contribution in [2.24, 2.45) is 0 Å². The van der Waals surface area contributed by atoms with Crippen LogP contribution in [0.4, 0.5) is 5.69 Å². The van der Waals surface area contributed by atoms with Crippen LogP contribution in [0, 0.1) is 0 Å². The van der Waals surface area contributed by atoms with Crippen molar-refractivity contribution in [1.82, 2.24) is 10.2 Å². The minimum atomic E-state index is -4.11. The standard InChI is InChI=1S/C11H7N3O5S/c15-10-8-2-1-6(11(16)17)3-9(8)20(18,19)14(10)7-4-12-13-5-7/h1-5H,(H,12,13)(H,16,17). The van der Waals surface area contributed by atoms with Crippen LogP contribution in [0.2, 0.25) is 0 Å². The first-order valence-electron chi connectivity index (χ1n) is 5.38. The highest BCUT2D eigenvalue weighted by molar-refractivity contribution is 7.94. The molecule has 0 atom stereocenters. The fourth-order valence-corrected chi connectivity index (χ4v) is 3.57. The van der Waals surface area contributed by atoms with Crippen molar-refractivity contribution < 1.29 is 23.1 Å². The molecule has 0 unspecified atom stereocenters. The smallest absolute Gasteiger partial charge is 0.335 e. The molecule has 1 amide bonds. The lowest BCUT2D eigenvalue weighted by Gasteiger charge is -2.11. The highest BCUT2D eigenvalue weighted by Crippen LogP contribution is 2.34. The first kappa shape index (κ1) is 12.4. The molecule has 20 heavy (non-hydrogen) atoms. The van der Waals surface area contributed by atoms with E-state index in [2.05, 4.69) is 10.2 Å². The summed E-state index contributed by atoms with van der Waals surface area (Å²) in [5.41, 5.74) is -0.187. The summed E-state index contributed by atoms with van der Waals surface area (Å²) in [6.45, 7) is 0. The Labute approximate surface area is 112 Å². The van der Waals surface area contributed by atoms with Gasteiger partial charge in [-0.3, -0.25) is 9.89 Å². The van der Waals surface area contributed by atoms with Crippen molar-refractivity contribution in [2.45, 2.75) is 4.90 Å². The molecule has 2 aromatic rings. The molecule has 1 aliphatic rings. The van der Waals surface area contributed by atoms with Gasteiger partial charge in [-0.2, -0.15) is 9.40 Å². The minimum Gasteiger partial charge on any atom is -0.478 e. The Balaban J connectivity index is 2.24. The van der Waals surface area contributed by atoms with Crippen molar-refractivity contribution in [3.8, 4) is 0 Å². The fourth-order valence-electron chi connectivity index (χ4n) is 1.97. The molecular formula is C11H7N3O5S. The number of aromatic carboxylic acids is 1. The van der Waals surface area contributed by atoms with Crippen molar-refractivity contribution >= 4 is 27.6 Å². The highest BCUT2D eigenvalue weighted by Gasteiger charge is 2.43. The molecule has 0 fully saturated rings. The van der Waals surface area contributed by atoms with Crippen molar-refractivity contribution in [3.63, 3.8) is 0 Å². The average Bonchev–Trinajstić information content (AvgIpc) is 2.96. The lowest BCUT2D eigenvalue weighted by molar-refractivity contribution is 0.0696. The molecular weight excluding hydrogens is 286 g/mol. The molecule has 1 aromatic carbocycles. The van der Waals surface area contributed by atoms with Gasteiger partial charge in [0.2, 0.25) is 0 Å². The second kappa shape index (κ2) is 3.90. The number of aromatic amines is 1. The van der Waals surface area contributed by atoms with Crippen LogP contribution in [-0.4, -0.2) is 35.6 Å². The first-order chi connectivity index (χ1) is 9.43. The minimum absolute atomic E-state index is 0.0591. The number of sulfonamides is 1. The monoisotopic (exact) mass is 293 g/mol. The van der Waals surface area contributed by atoms with Crippen LogP contribution in [0.5, 0.6) is 0 Å². The number of carbonyl (C=O) groups is 2. The number of H-pyrrole nitrogens is 1. The number of aromatic nitrogens is 2. The van der Waals surface area contributed by atoms with Gasteiger partial charge in [-0.05, 0) is 18.2 Å². The Bertz CT molecular complexity index is 826. The zero-order chi connectivity index (χ0) is 14.5. The second-order valence-corrected chi connectivity index (χ2v) is 5.80. The Morgan fingerprint density at radius 2 is 2.10 bits per heavy atom. The molecule has 0 saturated carbocycles. The maximum absolute atomic E-state index is 12.3. The molecule has 1 aromatic heterocycles. The zero-order valence-corrected chi connectivity index (χ0v) is 10.6. The summed E-state index contributed by atoms with van der Waals surface area (Å²) in [5.74, 6) is -2.00. The van der Waals surface area contributed by atoms with Crippen molar-refractivity contribution in [3.05, 3.63) is 41.7 Å². The molecule has 8 nitrogen and oxygen atoms in total. The molecule has 0 saturated heterocycles. The quantitative estimate of drug-likeness (QED) is 0.829. The molecule has 0 radical (unpaired) electrons. The van der Waals surface area contributed by atoms with E-state index in [0.29, 0.717) is 4.31 Å². The van der Waals surface area contributed by atoms with E-state index >= 15 is 0 Å². The number of carbonyl (C=O) groups excluding carboxylic acids is 1. The summed E-state index contributed by atoms with van der Waals surface area (Å²) in [5, 5.41) is 14.9. The van der Waals surface area contributed by atoms with E-state index in [-0.39, 0.29) is 21.7 Å². The molecule has 0 aliphatic carbocycles. The summed E-state index contributed by atoms with van der Waals surface area (Å²) in [6.07, 6.45) is 2.46. The number of carboxylic acids is 1. The van der Waals surface area contributed by atoms with Gasteiger partial charge in [0.25, 0.3) is 15.9 Å². The third-order valence-electron chi connectivity index (χ3n) is 2.88. The van der Waals surface area contributed by atoms with Crippen LogP contribution >= 0.6 is 0 Å². The van der Waals surface area contributed by atoms with Crippen LogP contribution in [0.3, 0.4) is 0 Å². The van der Waals surface area contributed by atoms with Crippen LogP contribution in [-0.2, 0) is 10.0 Å². The zero-order valence-electron chi connectivity index (χ0n) is 9.77. The predicted molar refractivity (Wildman–Crippen MR) is 66.0 cm³/mol. The number of nitrogens with one attached hydrogen (secondary N) is 1. The van der Waals surface area contributed by atoms with E-state index in [1.807, 2.05) is 0 Å². The van der Waals surface area contributed by atoms with E-state index in [0.717, 1.165) is 6.07 Å². The number of anilines is 1. The van der Waals surface area contributed by atoms with Gasteiger partial charge in [-0.15, -0.1) is 0 Å². The number of hydrogen-bond acceptors (Lipinski definition) is 5. The highest BCUT2D eigenvalue weighted by atomic mass is 32.2. The molecule has 9 heteroatoms. The number of carboxylic acid groups (broad SMARTS) is 1. The number of rotatable bonds is 2. The van der Waals surface area contributed by atoms with Gasteiger partial charge < -0.3 is 5.11 Å². The van der Waals surface area contributed by atoms with Crippen LogP contribution in [0.25, 0.3) is 0 Å². The van der Waals surface area contributed by atoms with Gasteiger partial charge in [0.15, 0.2) is 0 Å². The van der Waals surface area contributed by atoms with Gasteiger partial charge >= 0.3 is 5.97 Å². The topological polar surface area (TPSA) is 120 Å². The molecule has 2 heterocycles. The maximum atomic E-state index is 12.3. The predicted octanol–water partition coefficient (Wildman–Crippen LogP) is 0.457. The lowest BCUT2D eigenvalue weighted by atomic mass is 10.1. The normalized spacial score (nSPS) is 16.2. The SMILES string of the molecule is O=C(O)c1ccc2c(c1)S(=O)(=O)N(c1cn[nH]c1)C2=O. The number of nitrogens with zero attached hydrogens (tertiary/aromatic N) is 2. The van der Waals surface area contributed by atoms with Gasteiger partial charge in [0, 0.05) is 6.20 Å². The summed E-state index contributed by atoms with van der Waals surface area (Å²) in [6, 6.07) is 3.36. The van der Waals surface area contributed by atoms with E-state index in [4.69, 9.17) is 5.11 Å². The van der Waals surface area contributed by atoms with E-state index in [1.54, 1.807) is 0 Å². The molecule has 1 aliphatic heterocycles. The van der Waals surface area contributed by atoms with Crippen LogP contribution < -0.4 is 4.31 Å². The largest absolute Gasteiger partial charge is 0.478 e. The molecule has 0 bridgehead atoms. The van der Waals surface area contributed by atoms with Gasteiger partial charge in [-0.1, -0.05) is 0 Å².